The molecule has 0 aliphatic carbocycles. The molecule has 4 unspecified atom stereocenters. The van der Waals surface area contributed by atoms with Crippen LogP contribution in [0.2, 0.25) is 0 Å². The van der Waals surface area contributed by atoms with Gasteiger partial charge < -0.3 is 10.4 Å². The molecule has 2 saturated heterocycles. The average molecular weight is 229 g/mol. The second-order valence-electron chi connectivity index (χ2n) is 5.06. The van der Waals surface area contributed by atoms with E-state index in [4.69, 9.17) is 0 Å². The predicted octanol–water partition coefficient (Wildman–Crippen LogP) is 2.02. The molecule has 4 atom stereocenters. The number of thioether (sulfide) groups is 1. The number of rotatable bonds is 2. The zero-order valence-corrected chi connectivity index (χ0v) is 10.6. The first kappa shape index (κ1) is 11.7. The van der Waals surface area contributed by atoms with Crippen LogP contribution in [-0.4, -0.2) is 34.3 Å². The molecule has 0 aromatic carbocycles. The first-order valence-corrected chi connectivity index (χ1v) is 7.29. The van der Waals surface area contributed by atoms with Gasteiger partial charge in [-0.25, -0.2) is 0 Å². The highest BCUT2D eigenvalue weighted by atomic mass is 32.2. The van der Waals surface area contributed by atoms with Crippen LogP contribution in [0.3, 0.4) is 0 Å². The Kier molecular flexibility index (Phi) is 3.63. The monoisotopic (exact) mass is 229 g/mol. The largest absolute Gasteiger partial charge is 0.387 e. The van der Waals surface area contributed by atoms with Crippen molar-refractivity contribution in [3.63, 3.8) is 0 Å². The summed E-state index contributed by atoms with van der Waals surface area (Å²) in [5.74, 6) is 1.94. The van der Waals surface area contributed by atoms with Crippen LogP contribution in [-0.2, 0) is 0 Å². The second kappa shape index (κ2) is 4.64. The third-order valence-corrected chi connectivity index (χ3v) is 5.62. The second-order valence-corrected chi connectivity index (χ2v) is 6.51. The minimum atomic E-state index is -0.446. The number of aliphatic hydroxyl groups is 1. The van der Waals surface area contributed by atoms with Crippen LogP contribution < -0.4 is 5.32 Å². The fourth-order valence-corrected chi connectivity index (χ4v) is 4.32. The zero-order valence-electron chi connectivity index (χ0n) is 9.83. The molecule has 2 aliphatic rings. The molecule has 2 nitrogen and oxygen atoms in total. The topological polar surface area (TPSA) is 32.3 Å². The Bertz CT molecular complexity index is 224. The highest BCUT2D eigenvalue weighted by Gasteiger charge is 2.46. The molecule has 2 fully saturated rings. The Morgan fingerprint density at radius 1 is 1.53 bits per heavy atom. The van der Waals surface area contributed by atoms with Gasteiger partial charge in [-0.05, 0) is 37.5 Å². The van der Waals surface area contributed by atoms with Gasteiger partial charge in [-0.2, -0.15) is 11.8 Å². The van der Waals surface area contributed by atoms with Crippen molar-refractivity contribution in [1.82, 2.24) is 5.32 Å². The molecule has 88 valence electrons. The Morgan fingerprint density at radius 2 is 2.33 bits per heavy atom. The summed E-state index contributed by atoms with van der Waals surface area (Å²) >= 11 is 1.92. The standard InChI is InChI=1S/C12H23NOS/c1-3-10-4-6-13-11(8-10)12(14)5-7-15-9(12)2/h9-11,13-14H,3-8H2,1-2H3. The van der Waals surface area contributed by atoms with Gasteiger partial charge in [0.05, 0.1) is 5.60 Å². The summed E-state index contributed by atoms with van der Waals surface area (Å²) in [6.45, 7) is 5.53. The van der Waals surface area contributed by atoms with E-state index in [2.05, 4.69) is 19.2 Å². The van der Waals surface area contributed by atoms with Crippen LogP contribution in [0.4, 0.5) is 0 Å². The Morgan fingerprint density at radius 3 is 2.93 bits per heavy atom. The van der Waals surface area contributed by atoms with Crippen LogP contribution in [0.15, 0.2) is 0 Å². The summed E-state index contributed by atoms with van der Waals surface area (Å²) < 4.78 is 0. The summed E-state index contributed by atoms with van der Waals surface area (Å²) in [7, 11) is 0. The number of piperidine rings is 1. The molecule has 15 heavy (non-hydrogen) atoms. The average Bonchev–Trinajstić information content (AvgIpc) is 2.61. The Hall–Kier alpha value is 0.270. The molecule has 0 amide bonds. The molecule has 2 rings (SSSR count). The fraction of sp³-hybridized carbons (Fsp3) is 1.00. The molecule has 3 heteroatoms. The maximum atomic E-state index is 10.7. The Labute approximate surface area is 97.2 Å². The SMILES string of the molecule is CCC1CCNC(C2(O)CCSC2C)C1. The Balaban J connectivity index is 2.02. The van der Waals surface area contributed by atoms with E-state index in [0.717, 1.165) is 31.1 Å². The minimum absolute atomic E-state index is 0.334. The van der Waals surface area contributed by atoms with Crippen LogP contribution in [0.25, 0.3) is 0 Å². The maximum absolute atomic E-state index is 10.7. The van der Waals surface area contributed by atoms with Crippen LogP contribution in [0.5, 0.6) is 0 Å². The van der Waals surface area contributed by atoms with Crippen molar-refractivity contribution in [1.29, 1.82) is 0 Å². The van der Waals surface area contributed by atoms with Gasteiger partial charge in [0.1, 0.15) is 0 Å². The van der Waals surface area contributed by atoms with Crippen LogP contribution in [0.1, 0.15) is 39.5 Å². The van der Waals surface area contributed by atoms with Gasteiger partial charge in [0.15, 0.2) is 0 Å². The molecule has 0 bridgehead atoms. The van der Waals surface area contributed by atoms with E-state index in [1.807, 2.05) is 11.8 Å². The van der Waals surface area contributed by atoms with Crippen LogP contribution >= 0.6 is 11.8 Å². The summed E-state index contributed by atoms with van der Waals surface area (Å²) in [5, 5.41) is 14.6. The highest BCUT2D eigenvalue weighted by Crippen LogP contribution is 2.41. The first-order valence-electron chi connectivity index (χ1n) is 6.24. The smallest absolute Gasteiger partial charge is 0.0923 e. The van der Waals surface area contributed by atoms with Gasteiger partial charge in [-0.3, -0.25) is 0 Å². The van der Waals surface area contributed by atoms with E-state index in [1.165, 1.54) is 12.8 Å². The van der Waals surface area contributed by atoms with Crippen molar-refractivity contribution < 1.29 is 5.11 Å². The maximum Gasteiger partial charge on any atom is 0.0923 e. The molecule has 0 aromatic heterocycles. The van der Waals surface area contributed by atoms with Crippen molar-refractivity contribution in [3.05, 3.63) is 0 Å². The van der Waals surface area contributed by atoms with Crippen molar-refractivity contribution in [2.24, 2.45) is 5.92 Å². The molecule has 0 spiro atoms. The molecular weight excluding hydrogens is 206 g/mol. The van der Waals surface area contributed by atoms with Gasteiger partial charge in [-0.15, -0.1) is 0 Å². The lowest BCUT2D eigenvalue weighted by atomic mass is 9.79. The quantitative estimate of drug-likeness (QED) is 0.760. The van der Waals surface area contributed by atoms with Crippen LogP contribution in [0, 0.1) is 5.92 Å². The lowest BCUT2D eigenvalue weighted by Crippen LogP contribution is -2.57. The van der Waals surface area contributed by atoms with Gasteiger partial charge in [0.2, 0.25) is 0 Å². The normalized spacial score (nSPS) is 47.0. The fourth-order valence-electron chi connectivity index (χ4n) is 2.95. The lowest BCUT2D eigenvalue weighted by Gasteiger charge is -2.41. The predicted molar refractivity (Wildman–Crippen MR) is 66.3 cm³/mol. The van der Waals surface area contributed by atoms with E-state index >= 15 is 0 Å². The van der Waals surface area contributed by atoms with Crippen molar-refractivity contribution in [3.8, 4) is 0 Å². The van der Waals surface area contributed by atoms with Crippen molar-refractivity contribution >= 4 is 11.8 Å². The summed E-state index contributed by atoms with van der Waals surface area (Å²) in [4.78, 5) is 0. The number of hydrogen-bond donors (Lipinski definition) is 2. The van der Waals surface area contributed by atoms with Gasteiger partial charge >= 0.3 is 0 Å². The molecule has 0 radical (unpaired) electrons. The van der Waals surface area contributed by atoms with E-state index in [0.29, 0.717) is 11.3 Å². The van der Waals surface area contributed by atoms with Crippen molar-refractivity contribution in [2.75, 3.05) is 12.3 Å². The van der Waals surface area contributed by atoms with E-state index in [9.17, 15) is 5.11 Å². The first-order chi connectivity index (χ1) is 7.16. The summed E-state index contributed by atoms with van der Waals surface area (Å²) in [6, 6.07) is 0.334. The minimum Gasteiger partial charge on any atom is -0.387 e. The van der Waals surface area contributed by atoms with Gasteiger partial charge in [0, 0.05) is 11.3 Å². The van der Waals surface area contributed by atoms with Gasteiger partial charge in [0.25, 0.3) is 0 Å². The molecule has 2 aliphatic heterocycles. The summed E-state index contributed by atoms with van der Waals surface area (Å²) in [5.41, 5.74) is -0.446. The third kappa shape index (κ3) is 2.20. The molecule has 2 N–H and O–H groups in total. The van der Waals surface area contributed by atoms with E-state index < -0.39 is 5.60 Å². The van der Waals surface area contributed by atoms with Crippen molar-refractivity contribution in [2.45, 2.75) is 56.4 Å². The highest BCUT2D eigenvalue weighted by molar-refractivity contribution is 8.00. The molecule has 0 aromatic rings. The van der Waals surface area contributed by atoms with E-state index in [1.54, 1.807) is 0 Å². The van der Waals surface area contributed by atoms with Gasteiger partial charge in [-0.1, -0.05) is 20.3 Å². The molecule has 0 saturated carbocycles. The zero-order chi connectivity index (χ0) is 10.9. The number of nitrogens with one attached hydrogen (secondary N) is 1. The molecular formula is C12H23NOS. The summed E-state index contributed by atoms with van der Waals surface area (Å²) in [6.07, 6.45) is 4.67. The molecule has 2 heterocycles. The lowest BCUT2D eigenvalue weighted by molar-refractivity contribution is -0.00999. The van der Waals surface area contributed by atoms with E-state index in [-0.39, 0.29) is 0 Å². The third-order valence-electron chi connectivity index (χ3n) is 4.27. The number of hydrogen-bond acceptors (Lipinski definition) is 3.